The van der Waals surface area contributed by atoms with Crippen LogP contribution in [0.3, 0.4) is 0 Å². The predicted octanol–water partition coefficient (Wildman–Crippen LogP) is 4.17. The molecule has 0 amide bonds. The summed E-state index contributed by atoms with van der Waals surface area (Å²) >= 11 is 5.50. The Bertz CT molecular complexity index is 588. The molecule has 0 saturated heterocycles. The topological polar surface area (TPSA) is 37.4 Å². The minimum absolute atomic E-state index is 0.201. The van der Waals surface area contributed by atoms with E-state index in [1.54, 1.807) is 6.92 Å². The van der Waals surface area contributed by atoms with Gasteiger partial charge in [-0.3, -0.25) is 0 Å². The van der Waals surface area contributed by atoms with E-state index in [0.717, 1.165) is 18.6 Å². The first-order valence-electron chi connectivity index (χ1n) is 6.51. The van der Waals surface area contributed by atoms with Gasteiger partial charge in [-0.15, -0.1) is 0 Å². The largest absolute Gasteiger partial charge is 0.417 e. The van der Waals surface area contributed by atoms with Gasteiger partial charge in [0, 0.05) is 13.1 Å². The number of rotatable bonds is 6. The molecule has 0 bridgehead atoms. The lowest BCUT2D eigenvalue weighted by Gasteiger charge is -2.21. The summed E-state index contributed by atoms with van der Waals surface area (Å²) in [5.41, 5.74) is -1.14. The van der Waals surface area contributed by atoms with Crippen LogP contribution in [0.5, 0.6) is 0 Å². The highest BCUT2D eigenvalue weighted by Gasteiger charge is 2.35. The van der Waals surface area contributed by atoms with Crippen LogP contribution in [0.25, 0.3) is 0 Å². The zero-order chi connectivity index (χ0) is 16.3. The fraction of sp³-hybridized carbons (Fsp3) is 0.538. The van der Waals surface area contributed by atoms with E-state index in [4.69, 9.17) is 11.6 Å². The van der Waals surface area contributed by atoms with Gasteiger partial charge in [0.1, 0.15) is 0 Å². The summed E-state index contributed by atoms with van der Waals surface area (Å²) in [4.78, 5) is -0.392. The van der Waals surface area contributed by atoms with Crippen molar-refractivity contribution in [3.63, 3.8) is 0 Å². The van der Waals surface area contributed by atoms with Gasteiger partial charge >= 0.3 is 6.18 Å². The molecule has 0 aliphatic rings. The zero-order valence-corrected chi connectivity index (χ0v) is 13.3. The maximum atomic E-state index is 12.8. The highest BCUT2D eigenvalue weighted by Crippen LogP contribution is 2.36. The summed E-state index contributed by atoms with van der Waals surface area (Å²) in [6.45, 7) is 4.03. The zero-order valence-electron chi connectivity index (χ0n) is 11.7. The van der Waals surface area contributed by atoms with E-state index in [1.807, 2.05) is 6.92 Å². The maximum Gasteiger partial charge on any atom is 0.417 e. The lowest BCUT2D eigenvalue weighted by Crippen LogP contribution is -2.32. The Morgan fingerprint density at radius 3 is 2.33 bits per heavy atom. The third-order valence-corrected chi connectivity index (χ3v) is 5.29. The number of sulfonamides is 1. The van der Waals surface area contributed by atoms with Crippen LogP contribution >= 0.6 is 11.6 Å². The number of halogens is 4. The molecule has 0 unspecified atom stereocenters. The normalized spacial score (nSPS) is 12.9. The van der Waals surface area contributed by atoms with Crippen molar-refractivity contribution >= 4 is 21.6 Å². The van der Waals surface area contributed by atoms with Gasteiger partial charge in [0.2, 0.25) is 10.0 Å². The second-order valence-corrected chi connectivity index (χ2v) is 6.83. The molecule has 1 aromatic carbocycles. The van der Waals surface area contributed by atoms with E-state index < -0.39 is 31.7 Å². The van der Waals surface area contributed by atoms with Crippen LogP contribution in [0.4, 0.5) is 13.2 Å². The van der Waals surface area contributed by atoms with Crippen LogP contribution in [0.1, 0.15) is 32.3 Å². The lowest BCUT2D eigenvalue weighted by atomic mass is 10.2. The summed E-state index contributed by atoms with van der Waals surface area (Å²) in [5.74, 6) is 0. The molecule has 8 heteroatoms. The number of alkyl halides is 3. The highest BCUT2D eigenvalue weighted by molar-refractivity contribution is 7.89. The standard InChI is InChI=1S/C13H17ClF3NO2S/c1-3-5-8-18(4-2)21(19,20)10-6-7-12(14)11(9-10)13(15,16)17/h6-7,9H,3-5,8H2,1-2H3. The molecule has 0 atom stereocenters. The molecule has 21 heavy (non-hydrogen) atoms. The number of nitrogens with zero attached hydrogens (tertiary/aromatic N) is 1. The van der Waals surface area contributed by atoms with Gasteiger partial charge < -0.3 is 0 Å². The molecule has 0 N–H and O–H groups in total. The van der Waals surface area contributed by atoms with Crippen molar-refractivity contribution in [2.24, 2.45) is 0 Å². The lowest BCUT2D eigenvalue weighted by molar-refractivity contribution is -0.137. The highest BCUT2D eigenvalue weighted by atomic mass is 35.5. The van der Waals surface area contributed by atoms with Crippen LogP contribution < -0.4 is 0 Å². The number of hydrogen-bond donors (Lipinski definition) is 0. The van der Waals surface area contributed by atoms with Crippen molar-refractivity contribution in [1.29, 1.82) is 0 Å². The Labute approximate surface area is 127 Å². The number of benzene rings is 1. The van der Waals surface area contributed by atoms with E-state index in [0.29, 0.717) is 12.5 Å². The smallest absolute Gasteiger partial charge is 0.207 e. The molecule has 0 spiro atoms. The Morgan fingerprint density at radius 1 is 1.24 bits per heavy atom. The van der Waals surface area contributed by atoms with E-state index >= 15 is 0 Å². The molecule has 0 fully saturated rings. The van der Waals surface area contributed by atoms with Gasteiger partial charge in [0.05, 0.1) is 15.5 Å². The Hall–Kier alpha value is -0.790. The first kappa shape index (κ1) is 18.3. The van der Waals surface area contributed by atoms with Gasteiger partial charge in [-0.05, 0) is 24.6 Å². The van der Waals surface area contributed by atoms with Gasteiger partial charge in [0.25, 0.3) is 0 Å². The van der Waals surface area contributed by atoms with E-state index in [2.05, 4.69) is 0 Å². The van der Waals surface area contributed by atoms with E-state index in [1.165, 1.54) is 4.31 Å². The first-order valence-corrected chi connectivity index (χ1v) is 8.33. The van der Waals surface area contributed by atoms with Crippen molar-refractivity contribution in [1.82, 2.24) is 4.31 Å². The Morgan fingerprint density at radius 2 is 1.86 bits per heavy atom. The van der Waals surface area contributed by atoms with E-state index in [-0.39, 0.29) is 13.1 Å². The van der Waals surface area contributed by atoms with Crippen molar-refractivity contribution in [3.8, 4) is 0 Å². The third kappa shape index (κ3) is 4.34. The van der Waals surface area contributed by atoms with Crippen LogP contribution in [0, 0.1) is 0 Å². The molecule has 0 aromatic heterocycles. The van der Waals surface area contributed by atoms with Gasteiger partial charge in [-0.25, -0.2) is 8.42 Å². The average molecular weight is 344 g/mol. The van der Waals surface area contributed by atoms with Crippen molar-refractivity contribution < 1.29 is 21.6 Å². The second-order valence-electron chi connectivity index (χ2n) is 4.49. The Kier molecular flexibility index (Phi) is 6.07. The maximum absolute atomic E-state index is 12.8. The predicted molar refractivity (Wildman–Crippen MR) is 75.8 cm³/mol. The summed E-state index contributed by atoms with van der Waals surface area (Å²) in [6.07, 6.45) is -3.25. The number of unbranched alkanes of at least 4 members (excludes halogenated alkanes) is 1. The molecule has 120 valence electrons. The monoisotopic (exact) mass is 343 g/mol. The van der Waals surface area contributed by atoms with Crippen LogP contribution in [-0.2, 0) is 16.2 Å². The summed E-state index contributed by atoms with van der Waals surface area (Å²) in [6, 6.07) is 2.65. The molecule has 0 saturated carbocycles. The molecule has 0 aliphatic carbocycles. The van der Waals surface area contributed by atoms with Crippen LogP contribution in [0.15, 0.2) is 23.1 Å². The van der Waals surface area contributed by atoms with Crippen molar-refractivity contribution in [2.75, 3.05) is 13.1 Å². The summed E-state index contributed by atoms with van der Waals surface area (Å²) < 4.78 is 64.3. The van der Waals surface area contributed by atoms with Gasteiger partial charge in [-0.1, -0.05) is 31.9 Å². The van der Waals surface area contributed by atoms with E-state index in [9.17, 15) is 21.6 Å². The summed E-state index contributed by atoms with van der Waals surface area (Å²) in [5, 5.41) is -0.516. The molecule has 1 rings (SSSR count). The fourth-order valence-corrected chi connectivity index (χ4v) is 3.55. The van der Waals surface area contributed by atoms with Crippen molar-refractivity contribution in [3.05, 3.63) is 28.8 Å². The molecule has 0 radical (unpaired) electrons. The molecule has 1 aromatic rings. The van der Waals surface area contributed by atoms with Crippen LogP contribution in [-0.4, -0.2) is 25.8 Å². The third-order valence-electron chi connectivity index (χ3n) is 2.99. The molecule has 3 nitrogen and oxygen atoms in total. The summed E-state index contributed by atoms with van der Waals surface area (Å²) in [7, 11) is -3.95. The quantitative estimate of drug-likeness (QED) is 0.777. The van der Waals surface area contributed by atoms with Gasteiger partial charge in [-0.2, -0.15) is 17.5 Å². The molecular weight excluding hydrogens is 327 g/mol. The van der Waals surface area contributed by atoms with Crippen LogP contribution in [0.2, 0.25) is 5.02 Å². The second kappa shape index (κ2) is 6.98. The van der Waals surface area contributed by atoms with Crippen molar-refractivity contribution in [2.45, 2.75) is 37.8 Å². The molecule has 0 heterocycles. The minimum atomic E-state index is -4.69. The Balaban J connectivity index is 3.25. The first-order chi connectivity index (χ1) is 9.64. The number of hydrogen-bond acceptors (Lipinski definition) is 2. The average Bonchev–Trinajstić information content (AvgIpc) is 2.38. The molecular formula is C13H17ClF3NO2S. The fourth-order valence-electron chi connectivity index (χ4n) is 1.81. The van der Waals surface area contributed by atoms with Gasteiger partial charge in [0.15, 0.2) is 0 Å². The molecule has 0 aliphatic heterocycles. The SMILES string of the molecule is CCCCN(CC)S(=O)(=O)c1ccc(Cl)c(C(F)(F)F)c1. The minimum Gasteiger partial charge on any atom is -0.207 e.